The Labute approximate surface area is 227 Å². The number of pyridine rings is 1. The predicted molar refractivity (Wildman–Crippen MR) is 154 cm³/mol. The summed E-state index contributed by atoms with van der Waals surface area (Å²) in [6.07, 6.45) is 4.71. The van der Waals surface area contributed by atoms with E-state index in [0.717, 1.165) is 45.6 Å². The van der Waals surface area contributed by atoms with Gasteiger partial charge in [-0.15, -0.1) is 5.10 Å². The monoisotopic (exact) mass is 588 g/mol. The van der Waals surface area contributed by atoms with Crippen molar-refractivity contribution in [3.05, 3.63) is 75.8 Å². The van der Waals surface area contributed by atoms with E-state index in [0.29, 0.717) is 0 Å². The quantitative estimate of drug-likeness (QED) is 0.175. The van der Waals surface area contributed by atoms with Crippen LogP contribution in [0.3, 0.4) is 0 Å². The van der Waals surface area contributed by atoms with Crippen molar-refractivity contribution in [1.29, 1.82) is 0 Å². The first-order valence-corrected chi connectivity index (χ1v) is 12.6. The average Bonchev–Trinajstić information content (AvgIpc) is 2.82. The Morgan fingerprint density at radius 3 is 2.19 bits per heavy atom. The van der Waals surface area contributed by atoms with Gasteiger partial charge in [-0.05, 0) is 66.2 Å². The summed E-state index contributed by atoms with van der Waals surface area (Å²) in [4.78, 5) is 4.01. The molecule has 0 atom stereocenters. The van der Waals surface area contributed by atoms with E-state index in [9.17, 15) is 13.2 Å². The van der Waals surface area contributed by atoms with Crippen LogP contribution in [0, 0.1) is 0 Å². The fraction of sp³-hybridized carbons (Fsp3) is 0.370. The van der Waals surface area contributed by atoms with Crippen molar-refractivity contribution >= 4 is 40.5 Å². The molecule has 0 N–H and O–H groups in total. The van der Waals surface area contributed by atoms with Gasteiger partial charge in [0.1, 0.15) is 0 Å². The number of nitrogens with zero attached hydrogens (tertiary/aromatic N) is 4. The minimum atomic E-state index is -4.00. The predicted octanol–water partition coefficient (Wildman–Crippen LogP) is 9.30. The number of aryl methyl sites for hydroxylation is 1. The number of halogens is 5. The average molecular weight is 590 g/mol. The smallest absolute Gasteiger partial charge is 0.330 e. The zero-order chi connectivity index (χ0) is 28.1. The number of allylic oxidation sites excluding steroid dienone is 2. The summed E-state index contributed by atoms with van der Waals surface area (Å²) in [6, 6.07) is 9.71. The molecule has 1 heterocycles. The van der Waals surface area contributed by atoms with Crippen molar-refractivity contribution in [3.63, 3.8) is 0 Å². The number of hydrogen-bond acceptors (Lipinski definition) is 3. The number of benzene rings is 1. The third-order valence-corrected chi connectivity index (χ3v) is 4.79. The summed E-state index contributed by atoms with van der Waals surface area (Å²) in [5, 5.41) is 8.47. The number of aliphatic imine (C=N–C) groups is 1. The van der Waals surface area contributed by atoms with E-state index in [-0.39, 0.29) is 6.92 Å². The third kappa shape index (κ3) is 17.9. The molecule has 0 bridgehead atoms. The maximum absolute atomic E-state index is 10.4. The van der Waals surface area contributed by atoms with Crippen LogP contribution in [-0.2, 0) is 6.54 Å². The standard InChI is InChI=1S/C15H15BrClN3.C8H13N.C2H3F3.C2H6/c1-3-8-20-10-14(16)13(9-15(20)19-18-2)11-4-6-12(17)7-5-11;1-4-8(3)6-7-9-5-2;1-2(3,4)5;1-2/h4-7,9-10H,2-3,8H2,1H3;4-6H,1,7H2,2-3H3;1H3;1-2H3/b19-15-;8-6-,9-5?;;. The second-order valence-corrected chi connectivity index (χ2v) is 8.18. The molecule has 0 fully saturated rings. The summed E-state index contributed by atoms with van der Waals surface area (Å²) in [5.74, 6) is 0. The van der Waals surface area contributed by atoms with Crippen molar-refractivity contribution in [2.24, 2.45) is 15.2 Å². The lowest BCUT2D eigenvalue weighted by Gasteiger charge is -2.11. The van der Waals surface area contributed by atoms with E-state index in [1.54, 1.807) is 6.21 Å². The zero-order valence-corrected chi connectivity index (χ0v) is 24.3. The maximum Gasteiger partial charge on any atom is 0.386 e. The van der Waals surface area contributed by atoms with E-state index in [4.69, 9.17) is 11.6 Å². The van der Waals surface area contributed by atoms with Crippen molar-refractivity contribution < 1.29 is 13.2 Å². The highest BCUT2D eigenvalue weighted by molar-refractivity contribution is 9.10. The van der Waals surface area contributed by atoms with Crippen molar-refractivity contribution in [1.82, 2.24) is 4.57 Å². The molecule has 0 unspecified atom stereocenters. The molecule has 0 radical (unpaired) electrons. The largest absolute Gasteiger partial charge is 0.386 e. The van der Waals surface area contributed by atoms with Gasteiger partial charge in [-0.25, -0.2) is 0 Å². The van der Waals surface area contributed by atoms with Crippen LogP contribution in [0.4, 0.5) is 13.2 Å². The van der Waals surface area contributed by atoms with Crippen LogP contribution in [0.15, 0.2) is 80.5 Å². The number of rotatable bonds is 7. The Kier molecular flexibility index (Phi) is 20.5. The van der Waals surface area contributed by atoms with E-state index < -0.39 is 6.18 Å². The molecular formula is C27H37BrClF3N4. The van der Waals surface area contributed by atoms with Crippen LogP contribution < -0.4 is 5.49 Å². The molecule has 0 aliphatic heterocycles. The van der Waals surface area contributed by atoms with Gasteiger partial charge in [0, 0.05) is 41.4 Å². The molecule has 2 aromatic rings. The summed E-state index contributed by atoms with van der Waals surface area (Å²) in [5.41, 5.74) is 4.09. The van der Waals surface area contributed by atoms with Crippen LogP contribution in [0.2, 0.25) is 5.02 Å². The Hall–Kier alpha value is -2.45. The van der Waals surface area contributed by atoms with Gasteiger partial charge >= 0.3 is 6.18 Å². The molecule has 0 saturated carbocycles. The first kappa shape index (κ1) is 35.7. The highest BCUT2D eigenvalue weighted by Gasteiger charge is 2.15. The summed E-state index contributed by atoms with van der Waals surface area (Å²) in [6.45, 7) is 18.9. The van der Waals surface area contributed by atoms with Gasteiger partial charge in [0.15, 0.2) is 5.49 Å². The molecule has 0 saturated heterocycles. The van der Waals surface area contributed by atoms with Gasteiger partial charge in [0.05, 0.1) is 6.54 Å². The van der Waals surface area contributed by atoms with Crippen LogP contribution in [0.1, 0.15) is 48.0 Å². The molecule has 200 valence electrons. The number of aromatic nitrogens is 1. The molecule has 1 aromatic heterocycles. The molecule has 2 rings (SSSR count). The number of hydrogen-bond donors (Lipinski definition) is 0. The Morgan fingerprint density at radius 2 is 1.75 bits per heavy atom. The second-order valence-electron chi connectivity index (χ2n) is 6.89. The van der Waals surface area contributed by atoms with E-state index >= 15 is 0 Å². The van der Waals surface area contributed by atoms with Gasteiger partial charge in [0.2, 0.25) is 0 Å². The fourth-order valence-electron chi connectivity index (χ4n) is 2.37. The highest BCUT2D eigenvalue weighted by Crippen LogP contribution is 2.27. The van der Waals surface area contributed by atoms with Crippen molar-refractivity contribution in [2.75, 3.05) is 6.54 Å². The molecule has 0 aliphatic rings. The lowest BCUT2D eigenvalue weighted by Crippen LogP contribution is -2.20. The van der Waals surface area contributed by atoms with Crippen molar-refractivity contribution in [3.8, 4) is 11.1 Å². The number of alkyl halides is 3. The van der Waals surface area contributed by atoms with Crippen molar-refractivity contribution in [2.45, 2.75) is 60.7 Å². The molecule has 0 spiro atoms. The van der Waals surface area contributed by atoms with Gasteiger partial charge in [0.25, 0.3) is 0 Å². The summed E-state index contributed by atoms with van der Waals surface area (Å²) in [7, 11) is 0. The van der Waals surface area contributed by atoms with Crippen LogP contribution >= 0.6 is 27.5 Å². The Morgan fingerprint density at radius 1 is 1.19 bits per heavy atom. The molecule has 1 aromatic carbocycles. The lowest BCUT2D eigenvalue weighted by atomic mass is 10.1. The minimum absolute atomic E-state index is 0.188. The van der Waals surface area contributed by atoms with E-state index in [1.807, 2.05) is 76.4 Å². The molecule has 36 heavy (non-hydrogen) atoms. The molecule has 0 amide bonds. The Bertz CT molecular complexity index is 1020. The maximum atomic E-state index is 10.4. The topological polar surface area (TPSA) is 42.0 Å². The van der Waals surface area contributed by atoms with E-state index in [2.05, 4.69) is 55.9 Å². The fourth-order valence-corrected chi connectivity index (χ4v) is 3.08. The Balaban J connectivity index is 0. The van der Waals surface area contributed by atoms with Gasteiger partial charge in [-0.2, -0.15) is 18.3 Å². The van der Waals surface area contributed by atoms with Gasteiger partial charge in [-0.3, -0.25) is 4.99 Å². The molecular weight excluding hydrogens is 553 g/mol. The van der Waals surface area contributed by atoms with Crippen LogP contribution in [-0.4, -0.2) is 30.2 Å². The lowest BCUT2D eigenvalue weighted by molar-refractivity contribution is -0.110. The second kappa shape index (κ2) is 20.7. The summed E-state index contributed by atoms with van der Waals surface area (Å²) < 4.78 is 34.1. The van der Waals surface area contributed by atoms with Crippen LogP contribution in [0.25, 0.3) is 11.1 Å². The summed E-state index contributed by atoms with van der Waals surface area (Å²) >= 11 is 9.54. The third-order valence-electron chi connectivity index (χ3n) is 3.91. The molecule has 9 heteroatoms. The first-order chi connectivity index (χ1) is 17.0. The molecule has 0 aliphatic carbocycles. The normalized spacial score (nSPS) is 11.4. The zero-order valence-electron chi connectivity index (χ0n) is 21.9. The highest BCUT2D eigenvalue weighted by atomic mass is 79.9. The first-order valence-electron chi connectivity index (χ1n) is 11.4. The SMILES string of the molecule is C=C/C(C)=C\CN=CC.C=N/N=c1/cc(-c2ccc(Cl)cc2)c(Br)cn1CCC.CC.CC(F)(F)F. The van der Waals surface area contributed by atoms with Gasteiger partial charge in [-0.1, -0.05) is 68.8 Å². The van der Waals surface area contributed by atoms with Crippen LogP contribution in [0.5, 0.6) is 0 Å². The molecule has 4 nitrogen and oxygen atoms in total. The van der Waals surface area contributed by atoms with Gasteiger partial charge < -0.3 is 4.57 Å². The van der Waals surface area contributed by atoms with E-state index in [1.165, 1.54) is 5.57 Å². The minimum Gasteiger partial charge on any atom is -0.330 e.